The number of nitrogens with zero attached hydrogens (tertiary/aromatic N) is 3. The molecule has 0 spiro atoms. The summed E-state index contributed by atoms with van der Waals surface area (Å²) in [6, 6.07) is 9.78. The smallest absolute Gasteiger partial charge is 0.191 e. The topological polar surface area (TPSA) is 57.0 Å². The summed E-state index contributed by atoms with van der Waals surface area (Å²) in [5.74, 6) is 2.55. The van der Waals surface area contributed by atoms with Crippen LogP contribution >= 0.6 is 23.1 Å². The molecule has 0 aliphatic heterocycles. The van der Waals surface area contributed by atoms with E-state index in [4.69, 9.17) is 4.74 Å². The minimum Gasteiger partial charge on any atom is -0.497 e. The quantitative estimate of drug-likeness (QED) is 0.371. The normalized spacial score (nSPS) is 11.2. The predicted octanol–water partition coefficient (Wildman–Crippen LogP) is 5.26. The number of ketones is 1. The Morgan fingerprint density at radius 3 is 2.50 bits per heavy atom. The highest BCUT2D eigenvalue weighted by molar-refractivity contribution is 7.99. The van der Waals surface area contributed by atoms with Gasteiger partial charge in [0.15, 0.2) is 16.8 Å². The molecule has 7 heteroatoms. The van der Waals surface area contributed by atoms with Gasteiger partial charge in [-0.2, -0.15) is 0 Å². The maximum atomic E-state index is 12.6. The van der Waals surface area contributed by atoms with Crippen molar-refractivity contribution in [3.8, 4) is 17.1 Å². The van der Waals surface area contributed by atoms with Crippen LogP contribution in [0, 0.1) is 19.8 Å². The predicted molar refractivity (Wildman–Crippen MR) is 116 cm³/mol. The van der Waals surface area contributed by atoms with Crippen molar-refractivity contribution in [1.29, 1.82) is 0 Å². The number of carbonyl (C=O) groups excluding carboxylic acids is 1. The summed E-state index contributed by atoms with van der Waals surface area (Å²) in [5, 5.41) is 9.56. The zero-order chi connectivity index (χ0) is 20.3. The molecule has 0 fully saturated rings. The first kappa shape index (κ1) is 20.6. The van der Waals surface area contributed by atoms with Gasteiger partial charge in [-0.05, 0) is 50.1 Å². The fraction of sp³-hybridized carbons (Fsp3) is 0.381. The Hall–Kier alpha value is -2.12. The third-order valence-electron chi connectivity index (χ3n) is 4.29. The number of carbonyl (C=O) groups is 1. The van der Waals surface area contributed by atoms with Crippen LogP contribution in [0.15, 0.2) is 35.5 Å². The third-order valence-corrected chi connectivity index (χ3v) is 6.22. The lowest BCUT2D eigenvalue weighted by Crippen LogP contribution is -2.09. The van der Waals surface area contributed by atoms with Gasteiger partial charge in [0.2, 0.25) is 0 Å². The Kier molecular flexibility index (Phi) is 6.57. The van der Waals surface area contributed by atoms with Crippen molar-refractivity contribution in [3.63, 3.8) is 0 Å². The first-order valence-corrected chi connectivity index (χ1v) is 11.0. The maximum Gasteiger partial charge on any atom is 0.191 e. The third kappa shape index (κ3) is 4.64. The molecule has 2 aromatic heterocycles. The molecule has 0 aliphatic rings. The van der Waals surface area contributed by atoms with Crippen LogP contribution in [0.5, 0.6) is 5.75 Å². The number of hydrogen-bond donors (Lipinski definition) is 0. The number of hydrogen-bond acceptors (Lipinski definition) is 6. The van der Waals surface area contributed by atoms with E-state index >= 15 is 0 Å². The molecule has 3 rings (SSSR count). The maximum absolute atomic E-state index is 12.6. The minimum atomic E-state index is 0.136. The number of aromatic nitrogens is 3. The summed E-state index contributed by atoms with van der Waals surface area (Å²) in [5.41, 5.74) is 1.80. The van der Waals surface area contributed by atoms with E-state index in [1.165, 1.54) is 11.8 Å². The number of thiophene rings is 1. The van der Waals surface area contributed by atoms with Gasteiger partial charge < -0.3 is 9.30 Å². The second kappa shape index (κ2) is 8.92. The number of aryl methyl sites for hydroxylation is 2. The second-order valence-electron chi connectivity index (χ2n) is 7.08. The van der Waals surface area contributed by atoms with Crippen LogP contribution in [0.25, 0.3) is 11.4 Å². The molecule has 2 heterocycles. The zero-order valence-corrected chi connectivity index (χ0v) is 18.5. The Bertz CT molecular complexity index is 959. The number of rotatable bonds is 8. The summed E-state index contributed by atoms with van der Waals surface area (Å²) in [7, 11) is 1.65. The van der Waals surface area contributed by atoms with Crippen LogP contribution in [0.1, 0.15) is 34.0 Å². The molecule has 0 radical (unpaired) electrons. The van der Waals surface area contributed by atoms with Crippen molar-refractivity contribution in [3.05, 3.63) is 45.6 Å². The van der Waals surface area contributed by atoms with Crippen molar-refractivity contribution < 1.29 is 9.53 Å². The van der Waals surface area contributed by atoms with Crippen molar-refractivity contribution in [1.82, 2.24) is 14.8 Å². The van der Waals surface area contributed by atoms with Crippen molar-refractivity contribution in [2.45, 2.75) is 39.4 Å². The molecule has 148 valence electrons. The van der Waals surface area contributed by atoms with Gasteiger partial charge in [0.1, 0.15) is 5.75 Å². The number of Topliss-reactive ketones (excluding diaryl/α,β-unsaturated/α-hetero) is 1. The van der Waals surface area contributed by atoms with Gasteiger partial charge in [-0.15, -0.1) is 21.5 Å². The highest BCUT2D eigenvalue weighted by atomic mass is 32.2. The van der Waals surface area contributed by atoms with E-state index in [2.05, 4.69) is 28.6 Å². The Morgan fingerprint density at radius 2 is 1.93 bits per heavy atom. The molecule has 5 nitrogen and oxygen atoms in total. The summed E-state index contributed by atoms with van der Waals surface area (Å²) >= 11 is 3.11. The highest BCUT2D eigenvalue weighted by Gasteiger charge is 2.18. The highest BCUT2D eigenvalue weighted by Crippen LogP contribution is 2.28. The largest absolute Gasteiger partial charge is 0.497 e. The second-order valence-corrected chi connectivity index (χ2v) is 9.48. The Labute approximate surface area is 174 Å². The van der Waals surface area contributed by atoms with Crippen LogP contribution in [-0.4, -0.2) is 33.4 Å². The van der Waals surface area contributed by atoms with Gasteiger partial charge in [-0.3, -0.25) is 4.79 Å². The lowest BCUT2D eigenvalue weighted by molar-refractivity contribution is 0.102. The number of ether oxygens (including phenoxy) is 1. The fourth-order valence-electron chi connectivity index (χ4n) is 2.99. The number of thioether (sulfide) groups is 1. The zero-order valence-electron chi connectivity index (χ0n) is 16.9. The van der Waals surface area contributed by atoms with Gasteiger partial charge in [-0.25, -0.2) is 0 Å². The van der Waals surface area contributed by atoms with Crippen LogP contribution in [0.3, 0.4) is 0 Å². The molecule has 0 unspecified atom stereocenters. The van der Waals surface area contributed by atoms with Crippen LogP contribution in [0.2, 0.25) is 0 Å². The molecule has 1 aromatic carbocycles. The molecule has 0 N–H and O–H groups in total. The number of methoxy groups -OCH3 is 1. The molecule has 0 bridgehead atoms. The van der Waals surface area contributed by atoms with E-state index in [1.807, 2.05) is 44.2 Å². The number of benzene rings is 1. The molecule has 0 saturated heterocycles. The molecule has 0 amide bonds. The van der Waals surface area contributed by atoms with E-state index < -0.39 is 0 Å². The average Bonchev–Trinajstić information content (AvgIpc) is 3.21. The summed E-state index contributed by atoms with van der Waals surface area (Å²) in [6.45, 7) is 9.14. The van der Waals surface area contributed by atoms with E-state index in [-0.39, 0.29) is 5.78 Å². The van der Waals surface area contributed by atoms with E-state index in [0.717, 1.165) is 44.2 Å². The standard InChI is InChI=1S/C21H25N3O2S2/c1-13(2)11-24-20(16-6-8-17(26-5)9-7-16)22-23-21(24)27-12-19(25)18-10-14(3)28-15(18)4/h6-10,13H,11-12H2,1-5H3. The lowest BCUT2D eigenvalue weighted by Gasteiger charge is -2.12. The summed E-state index contributed by atoms with van der Waals surface area (Å²) in [4.78, 5) is 14.9. The van der Waals surface area contributed by atoms with E-state index in [0.29, 0.717) is 11.7 Å². The van der Waals surface area contributed by atoms with Gasteiger partial charge in [-0.1, -0.05) is 25.6 Å². The summed E-state index contributed by atoms with van der Waals surface area (Å²) in [6.07, 6.45) is 0. The molecule has 0 saturated carbocycles. The average molecular weight is 416 g/mol. The van der Waals surface area contributed by atoms with Gasteiger partial charge >= 0.3 is 0 Å². The molecule has 0 atom stereocenters. The molecule has 28 heavy (non-hydrogen) atoms. The van der Waals surface area contributed by atoms with Crippen LogP contribution in [-0.2, 0) is 6.54 Å². The SMILES string of the molecule is COc1ccc(-c2nnc(SCC(=O)c3cc(C)sc3C)n2CC(C)C)cc1. The van der Waals surface area contributed by atoms with Gasteiger partial charge in [0.25, 0.3) is 0 Å². The van der Waals surface area contributed by atoms with Crippen molar-refractivity contribution in [2.24, 2.45) is 5.92 Å². The molecular formula is C21H25N3O2S2. The van der Waals surface area contributed by atoms with Crippen LogP contribution < -0.4 is 4.74 Å². The Balaban J connectivity index is 1.83. The van der Waals surface area contributed by atoms with Gasteiger partial charge in [0, 0.05) is 27.4 Å². The molecular weight excluding hydrogens is 390 g/mol. The van der Waals surface area contributed by atoms with Crippen LogP contribution in [0.4, 0.5) is 0 Å². The molecule has 3 aromatic rings. The first-order chi connectivity index (χ1) is 13.4. The van der Waals surface area contributed by atoms with E-state index in [9.17, 15) is 4.79 Å². The lowest BCUT2D eigenvalue weighted by atomic mass is 10.2. The fourth-order valence-corrected chi connectivity index (χ4v) is 4.77. The monoisotopic (exact) mass is 415 g/mol. The summed E-state index contributed by atoms with van der Waals surface area (Å²) < 4.78 is 7.35. The minimum absolute atomic E-state index is 0.136. The first-order valence-electron chi connectivity index (χ1n) is 9.19. The van der Waals surface area contributed by atoms with Gasteiger partial charge in [0.05, 0.1) is 12.9 Å². The Morgan fingerprint density at radius 1 is 1.21 bits per heavy atom. The van der Waals surface area contributed by atoms with Crippen molar-refractivity contribution in [2.75, 3.05) is 12.9 Å². The van der Waals surface area contributed by atoms with E-state index in [1.54, 1.807) is 18.4 Å². The molecule has 0 aliphatic carbocycles. The van der Waals surface area contributed by atoms with Crippen molar-refractivity contribution >= 4 is 28.9 Å².